The van der Waals surface area contributed by atoms with Gasteiger partial charge in [-0.2, -0.15) is 18.7 Å². The molecule has 0 saturated carbocycles. The molecule has 2 heterocycles. The van der Waals surface area contributed by atoms with Gasteiger partial charge in [-0.25, -0.2) is 4.79 Å². The Hall–Kier alpha value is -0.860. The second kappa shape index (κ2) is 6.91. The van der Waals surface area contributed by atoms with Crippen LogP contribution in [0.5, 0.6) is 0 Å². The molecule has 2 atom stereocenters. The Balaban J connectivity index is 0.000000203. The van der Waals surface area contributed by atoms with Gasteiger partial charge >= 0.3 is 12.1 Å². The van der Waals surface area contributed by atoms with Crippen molar-refractivity contribution in [2.24, 2.45) is 5.92 Å². The summed E-state index contributed by atoms with van der Waals surface area (Å²) in [4.78, 5) is 14.0. The van der Waals surface area contributed by atoms with Crippen LogP contribution < -0.4 is 5.48 Å². The third kappa shape index (κ3) is 5.19. The lowest BCUT2D eigenvalue weighted by atomic mass is 9.93. The second-order valence-electron chi connectivity index (χ2n) is 4.14. The van der Waals surface area contributed by atoms with E-state index in [9.17, 15) is 13.2 Å². The van der Waals surface area contributed by atoms with E-state index in [1.54, 1.807) is 0 Å². The number of carbonyl (C=O) groups is 1. The first-order valence-corrected chi connectivity index (χ1v) is 5.66. The van der Waals surface area contributed by atoms with Crippen LogP contribution in [0.25, 0.3) is 0 Å². The van der Waals surface area contributed by atoms with Gasteiger partial charge in [-0.15, -0.1) is 0 Å². The lowest BCUT2D eigenvalue weighted by Gasteiger charge is -2.26. The van der Waals surface area contributed by atoms with Crippen molar-refractivity contribution >= 4 is 5.97 Å². The van der Waals surface area contributed by atoms with Crippen LogP contribution in [-0.2, 0) is 14.4 Å². The smallest absolute Gasteiger partial charge is 0.475 e. The summed E-state index contributed by atoms with van der Waals surface area (Å²) in [5.41, 5.74) is 3.05. The molecule has 0 aromatic heterocycles. The monoisotopic (exact) mass is 271 g/mol. The first-order valence-electron chi connectivity index (χ1n) is 5.66. The predicted octanol–water partition coefficient (Wildman–Crippen LogP) is 1.34. The number of halogens is 3. The number of nitrogens with one attached hydrogen (secondary N) is 1. The molecule has 0 aliphatic carbocycles. The average molecular weight is 271 g/mol. The van der Waals surface area contributed by atoms with Gasteiger partial charge in [-0.05, 0) is 19.3 Å². The topological polar surface area (TPSA) is 67.8 Å². The molecule has 8 heteroatoms. The van der Waals surface area contributed by atoms with Crippen LogP contribution in [0.4, 0.5) is 13.2 Å². The standard InChI is InChI=1S/C8H15NO2.C2HF3O2/c1-2-7(6-10-4-1)8-3-5-11-9-8;3-2(4,5)1(6)7/h7-9H,1-6H2;(H,6,7). The summed E-state index contributed by atoms with van der Waals surface area (Å²) in [5, 5.41) is 7.12. The third-order valence-electron chi connectivity index (χ3n) is 2.77. The molecule has 2 aliphatic rings. The fraction of sp³-hybridized carbons (Fsp3) is 0.900. The molecule has 5 nitrogen and oxygen atoms in total. The Morgan fingerprint density at radius 3 is 2.33 bits per heavy atom. The van der Waals surface area contributed by atoms with Crippen molar-refractivity contribution in [3.8, 4) is 0 Å². The molecule has 0 spiro atoms. The third-order valence-corrected chi connectivity index (χ3v) is 2.77. The van der Waals surface area contributed by atoms with Crippen LogP contribution in [0.1, 0.15) is 19.3 Å². The Labute approximate surface area is 102 Å². The Bertz CT molecular complexity index is 260. The van der Waals surface area contributed by atoms with Crippen LogP contribution in [-0.4, -0.2) is 43.1 Å². The van der Waals surface area contributed by atoms with Crippen molar-refractivity contribution in [1.29, 1.82) is 0 Å². The summed E-state index contributed by atoms with van der Waals surface area (Å²) in [6, 6.07) is 0.551. The largest absolute Gasteiger partial charge is 0.490 e. The van der Waals surface area contributed by atoms with Crippen molar-refractivity contribution in [1.82, 2.24) is 5.48 Å². The molecule has 0 amide bonds. The van der Waals surface area contributed by atoms with Gasteiger partial charge in [0.05, 0.1) is 13.2 Å². The minimum Gasteiger partial charge on any atom is -0.475 e. The van der Waals surface area contributed by atoms with Gasteiger partial charge in [0.1, 0.15) is 0 Å². The number of hydrogen-bond donors (Lipinski definition) is 2. The average Bonchev–Trinajstić information content (AvgIpc) is 2.83. The van der Waals surface area contributed by atoms with E-state index in [-0.39, 0.29) is 0 Å². The highest BCUT2D eigenvalue weighted by Crippen LogP contribution is 2.21. The van der Waals surface area contributed by atoms with Gasteiger partial charge in [0.25, 0.3) is 0 Å². The Kier molecular flexibility index (Phi) is 5.83. The maximum Gasteiger partial charge on any atom is 0.490 e. The molecule has 0 bridgehead atoms. The summed E-state index contributed by atoms with van der Waals surface area (Å²) < 4.78 is 37.1. The van der Waals surface area contributed by atoms with Crippen molar-refractivity contribution in [2.75, 3.05) is 19.8 Å². The summed E-state index contributed by atoms with van der Waals surface area (Å²) in [6.45, 7) is 2.73. The predicted molar refractivity (Wildman–Crippen MR) is 54.7 cm³/mol. The van der Waals surface area contributed by atoms with E-state index in [4.69, 9.17) is 19.5 Å². The molecule has 2 N–H and O–H groups in total. The first kappa shape index (κ1) is 15.2. The Morgan fingerprint density at radius 2 is 1.94 bits per heavy atom. The van der Waals surface area contributed by atoms with Crippen LogP contribution >= 0.6 is 0 Å². The number of rotatable bonds is 1. The SMILES string of the molecule is C1COCC(C2CCON2)C1.O=C(O)C(F)(F)F. The summed E-state index contributed by atoms with van der Waals surface area (Å²) >= 11 is 0. The van der Waals surface area contributed by atoms with Crippen molar-refractivity contribution < 1.29 is 32.6 Å². The molecule has 106 valence electrons. The highest BCUT2D eigenvalue weighted by atomic mass is 19.4. The molecular weight excluding hydrogens is 255 g/mol. The van der Waals surface area contributed by atoms with E-state index >= 15 is 0 Å². The van der Waals surface area contributed by atoms with Crippen LogP contribution in [0.2, 0.25) is 0 Å². The molecule has 0 aromatic rings. The van der Waals surface area contributed by atoms with Gasteiger partial charge in [0, 0.05) is 18.6 Å². The fourth-order valence-electron chi connectivity index (χ4n) is 1.83. The van der Waals surface area contributed by atoms with E-state index in [2.05, 4.69) is 5.48 Å². The van der Waals surface area contributed by atoms with Crippen molar-refractivity contribution in [2.45, 2.75) is 31.5 Å². The fourth-order valence-corrected chi connectivity index (χ4v) is 1.83. The molecule has 0 aromatic carbocycles. The lowest BCUT2D eigenvalue weighted by molar-refractivity contribution is -0.192. The molecule has 2 aliphatic heterocycles. The normalized spacial score (nSPS) is 28.4. The van der Waals surface area contributed by atoms with Gasteiger partial charge in [0.2, 0.25) is 0 Å². The molecule has 0 radical (unpaired) electrons. The number of hydroxylamine groups is 1. The molecule has 2 saturated heterocycles. The molecule has 2 rings (SSSR count). The number of carboxylic acid groups (broad SMARTS) is 1. The van der Waals surface area contributed by atoms with E-state index in [1.165, 1.54) is 12.8 Å². The van der Waals surface area contributed by atoms with Gasteiger partial charge in [-0.3, -0.25) is 0 Å². The Morgan fingerprint density at radius 1 is 1.28 bits per heavy atom. The zero-order valence-electron chi connectivity index (χ0n) is 9.70. The van der Waals surface area contributed by atoms with Crippen LogP contribution in [0.3, 0.4) is 0 Å². The second-order valence-corrected chi connectivity index (χ2v) is 4.14. The summed E-state index contributed by atoms with van der Waals surface area (Å²) in [7, 11) is 0. The number of aliphatic carboxylic acids is 1. The zero-order chi connectivity index (χ0) is 13.6. The summed E-state index contributed by atoms with van der Waals surface area (Å²) in [6.07, 6.45) is -1.43. The highest BCUT2D eigenvalue weighted by molar-refractivity contribution is 5.73. The van der Waals surface area contributed by atoms with E-state index in [0.717, 1.165) is 26.2 Å². The minimum atomic E-state index is -5.08. The van der Waals surface area contributed by atoms with Crippen LogP contribution in [0, 0.1) is 5.92 Å². The van der Waals surface area contributed by atoms with Crippen molar-refractivity contribution in [3.05, 3.63) is 0 Å². The molecule has 2 unspecified atom stereocenters. The highest BCUT2D eigenvalue weighted by Gasteiger charge is 2.38. The lowest BCUT2D eigenvalue weighted by Crippen LogP contribution is -2.35. The van der Waals surface area contributed by atoms with Crippen LogP contribution in [0.15, 0.2) is 0 Å². The number of hydrogen-bond acceptors (Lipinski definition) is 4. The maximum absolute atomic E-state index is 10.6. The van der Waals surface area contributed by atoms with Gasteiger partial charge < -0.3 is 14.7 Å². The van der Waals surface area contributed by atoms with E-state index < -0.39 is 12.1 Å². The first-order chi connectivity index (χ1) is 8.41. The molecule has 18 heavy (non-hydrogen) atoms. The maximum atomic E-state index is 10.6. The number of carboxylic acids is 1. The van der Waals surface area contributed by atoms with Gasteiger partial charge in [0.15, 0.2) is 0 Å². The van der Waals surface area contributed by atoms with Gasteiger partial charge in [-0.1, -0.05) is 0 Å². The van der Waals surface area contributed by atoms with E-state index in [0.29, 0.717) is 12.0 Å². The summed E-state index contributed by atoms with van der Waals surface area (Å²) in [5.74, 6) is -2.07. The molecule has 2 fully saturated rings. The minimum absolute atomic E-state index is 0.551. The zero-order valence-corrected chi connectivity index (χ0v) is 9.70. The number of ether oxygens (including phenoxy) is 1. The van der Waals surface area contributed by atoms with E-state index in [1.807, 2.05) is 0 Å². The molecular formula is C10H16F3NO4. The quantitative estimate of drug-likeness (QED) is 0.753. The number of alkyl halides is 3. The van der Waals surface area contributed by atoms with Crippen molar-refractivity contribution in [3.63, 3.8) is 0 Å².